The number of aromatic nitrogens is 2. The fraction of sp³-hybridized carbons (Fsp3) is 0.400. The van der Waals surface area contributed by atoms with E-state index in [4.69, 9.17) is 4.74 Å². The molecule has 2 aliphatic heterocycles. The van der Waals surface area contributed by atoms with Gasteiger partial charge in [-0.3, -0.25) is 9.69 Å². The van der Waals surface area contributed by atoms with E-state index in [0.29, 0.717) is 44.2 Å². The normalized spacial score (nSPS) is 21.3. The molecule has 4 rings (SSSR count). The van der Waals surface area contributed by atoms with Crippen molar-refractivity contribution in [3.8, 4) is 0 Å². The van der Waals surface area contributed by atoms with Gasteiger partial charge in [0.25, 0.3) is 5.91 Å². The molecule has 1 aromatic carbocycles. The number of hydrogen-bond donors (Lipinski definition) is 0. The molecule has 8 heteroatoms. The predicted octanol–water partition coefficient (Wildman–Crippen LogP) is 1.43. The molecule has 0 spiro atoms. The third kappa shape index (κ3) is 3.26. The summed E-state index contributed by atoms with van der Waals surface area (Å²) in [5.74, 6) is 0.515. The van der Waals surface area contributed by atoms with Gasteiger partial charge < -0.3 is 14.5 Å². The van der Waals surface area contributed by atoms with Crippen LogP contribution >= 0.6 is 0 Å². The number of carbonyl (C=O) groups is 2. The fourth-order valence-corrected chi connectivity index (χ4v) is 3.87. The van der Waals surface area contributed by atoms with Crippen LogP contribution in [0.1, 0.15) is 16.1 Å². The highest BCUT2D eigenvalue weighted by Gasteiger charge is 2.51. The van der Waals surface area contributed by atoms with E-state index in [9.17, 15) is 9.59 Å². The summed E-state index contributed by atoms with van der Waals surface area (Å²) < 4.78 is 5.41. The number of ether oxygens (including phenoxy) is 1. The molecule has 0 N–H and O–H groups in total. The average Bonchev–Trinajstić information content (AvgIpc) is 3.04. The van der Waals surface area contributed by atoms with E-state index in [1.165, 1.54) is 4.90 Å². The van der Waals surface area contributed by atoms with Gasteiger partial charge in [0.15, 0.2) is 11.5 Å². The first kappa shape index (κ1) is 18.2. The molecule has 28 heavy (non-hydrogen) atoms. The zero-order valence-corrected chi connectivity index (χ0v) is 16.0. The van der Waals surface area contributed by atoms with Gasteiger partial charge in [0.05, 0.1) is 0 Å². The Balaban J connectivity index is 1.57. The van der Waals surface area contributed by atoms with Crippen LogP contribution in [0.15, 0.2) is 42.5 Å². The molecule has 1 atom stereocenters. The minimum absolute atomic E-state index is 0.181. The van der Waals surface area contributed by atoms with Crippen LogP contribution in [-0.4, -0.2) is 77.9 Å². The lowest BCUT2D eigenvalue weighted by Crippen LogP contribution is -2.62. The second kappa shape index (κ2) is 7.10. The first-order chi connectivity index (χ1) is 13.5. The maximum absolute atomic E-state index is 12.2. The fourth-order valence-electron chi connectivity index (χ4n) is 3.87. The summed E-state index contributed by atoms with van der Waals surface area (Å²) in [6.07, 6.45) is 0.453. The topological polar surface area (TPSA) is 78.9 Å². The van der Waals surface area contributed by atoms with Gasteiger partial charge in [-0.05, 0) is 17.7 Å². The van der Waals surface area contributed by atoms with Crippen molar-refractivity contribution >= 4 is 17.8 Å². The number of nitrogens with zero attached hydrogens (tertiary/aromatic N) is 5. The lowest BCUT2D eigenvalue weighted by atomic mass is 9.88. The number of piperazine rings is 1. The molecule has 1 unspecified atom stereocenters. The highest BCUT2D eigenvalue weighted by molar-refractivity contribution is 5.91. The van der Waals surface area contributed by atoms with Crippen molar-refractivity contribution in [1.29, 1.82) is 0 Å². The molecule has 3 heterocycles. The molecule has 8 nitrogen and oxygen atoms in total. The first-order valence-corrected chi connectivity index (χ1v) is 9.27. The molecular weight excluding hydrogens is 358 g/mol. The summed E-state index contributed by atoms with van der Waals surface area (Å²) in [7, 11) is 3.36. The summed E-state index contributed by atoms with van der Waals surface area (Å²) in [6.45, 7) is 2.15. The van der Waals surface area contributed by atoms with E-state index in [-0.39, 0.29) is 12.0 Å². The van der Waals surface area contributed by atoms with Crippen LogP contribution in [0.4, 0.5) is 10.6 Å². The van der Waals surface area contributed by atoms with Gasteiger partial charge >= 0.3 is 6.09 Å². The second-order valence-corrected chi connectivity index (χ2v) is 7.49. The van der Waals surface area contributed by atoms with Gasteiger partial charge in [0.2, 0.25) is 0 Å². The SMILES string of the molecule is CN(C)C(=O)c1ccc(N2CCN3C(=O)OCC3(Cc3ccccc3)C2)nn1. The first-order valence-electron chi connectivity index (χ1n) is 9.27. The Bertz CT molecular complexity index is 871. The minimum Gasteiger partial charge on any atom is -0.447 e. The molecule has 2 amide bonds. The van der Waals surface area contributed by atoms with Crippen molar-refractivity contribution in [2.24, 2.45) is 0 Å². The molecule has 0 bridgehead atoms. The number of amides is 2. The highest BCUT2D eigenvalue weighted by Crippen LogP contribution is 2.33. The summed E-state index contributed by atoms with van der Waals surface area (Å²) in [6, 6.07) is 13.6. The lowest BCUT2D eigenvalue weighted by molar-refractivity contribution is 0.0820. The molecule has 0 aliphatic carbocycles. The minimum atomic E-state index is -0.434. The number of hydrogen-bond acceptors (Lipinski definition) is 6. The molecule has 146 valence electrons. The number of fused-ring (bicyclic) bond motifs is 1. The van der Waals surface area contributed by atoms with Crippen molar-refractivity contribution in [3.05, 3.63) is 53.7 Å². The van der Waals surface area contributed by atoms with Crippen molar-refractivity contribution in [1.82, 2.24) is 20.0 Å². The van der Waals surface area contributed by atoms with E-state index in [1.807, 2.05) is 29.2 Å². The summed E-state index contributed by atoms with van der Waals surface area (Å²) in [5.41, 5.74) is 1.03. The molecule has 2 aliphatic rings. The molecule has 1 aromatic heterocycles. The third-order valence-corrected chi connectivity index (χ3v) is 5.31. The van der Waals surface area contributed by atoms with Crippen LogP contribution in [0.25, 0.3) is 0 Å². The number of cyclic esters (lactones) is 1. The molecule has 2 aromatic rings. The summed E-state index contributed by atoms with van der Waals surface area (Å²) in [4.78, 5) is 29.7. The maximum Gasteiger partial charge on any atom is 0.410 e. The number of rotatable bonds is 4. The number of anilines is 1. The lowest BCUT2D eigenvalue weighted by Gasteiger charge is -2.45. The van der Waals surface area contributed by atoms with E-state index in [2.05, 4.69) is 27.2 Å². The second-order valence-electron chi connectivity index (χ2n) is 7.49. The Hall–Kier alpha value is -3.16. The molecule has 0 radical (unpaired) electrons. The van der Waals surface area contributed by atoms with Crippen LogP contribution in [0, 0.1) is 0 Å². The van der Waals surface area contributed by atoms with E-state index in [1.54, 1.807) is 20.2 Å². The molecule has 0 saturated carbocycles. The van der Waals surface area contributed by atoms with Crippen LogP contribution in [0.5, 0.6) is 0 Å². The maximum atomic E-state index is 12.2. The Morgan fingerprint density at radius 2 is 1.93 bits per heavy atom. The van der Waals surface area contributed by atoms with E-state index < -0.39 is 5.54 Å². The van der Waals surface area contributed by atoms with Gasteiger partial charge in [-0.15, -0.1) is 10.2 Å². The number of carbonyl (C=O) groups excluding carboxylic acids is 2. The number of benzene rings is 1. The Labute approximate surface area is 163 Å². The highest BCUT2D eigenvalue weighted by atomic mass is 16.6. The zero-order valence-electron chi connectivity index (χ0n) is 16.0. The van der Waals surface area contributed by atoms with Crippen molar-refractivity contribution in [2.45, 2.75) is 12.0 Å². The molecule has 2 fully saturated rings. The molecular formula is C20H23N5O3. The predicted molar refractivity (Wildman–Crippen MR) is 103 cm³/mol. The quantitative estimate of drug-likeness (QED) is 0.797. The average molecular weight is 381 g/mol. The van der Waals surface area contributed by atoms with Gasteiger partial charge in [-0.1, -0.05) is 30.3 Å². The van der Waals surface area contributed by atoms with E-state index >= 15 is 0 Å². The Kier molecular flexibility index (Phi) is 4.62. The van der Waals surface area contributed by atoms with Gasteiger partial charge in [-0.25, -0.2) is 4.79 Å². The monoisotopic (exact) mass is 381 g/mol. The van der Waals surface area contributed by atoms with Crippen LogP contribution in [0.3, 0.4) is 0 Å². The summed E-state index contributed by atoms with van der Waals surface area (Å²) in [5, 5.41) is 8.35. The van der Waals surface area contributed by atoms with Crippen molar-refractivity contribution in [3.63, 3.8) is 0 Å². The Morgan fingerprint density at radius 3 is 2.61 bits per heavy atom. The van der Waals surface area contributed by atoms with Gasteiger partial charge in [0.1, 0.15) is 12.1 Å². The standard InChI is InChI=1S/C20H23N5O3/c1-23(2)18(26)16-8-9-17(22-21-16)24-10-11-25-19(27)28-14-20(25,13-24)12-15-6-4-3-5-7-15/h3-9H,10-14H2,1-2H3. The smallest absolute Gasteiger partial charge is 0.410 e. The summed E-state index contributed by atoms with van der Waals surface area (Å²) >= 11 is 0. The van der Waals surface area contributed by atoms with Crippen LogP contribution in [0.2, 0.25) is 0 Å². The van der Waals surface area contributed by atoms with Gasteiger partial charge in [-0.2, -0.15) is 0 Å². The van der Waals surface area contributed by atoms with Crippen molar-refractivity contribution in [2.75, 3.05) is 45.2 Å². The largest absolute Gasteiger partial charge is 0.447 e. The Morgan fingerprint density at radius 1 is 1.14 bits per heavy atom. The zero-order chi connectivity index (χ0) is 19.7. The van der Waals surface area contributed by atoms with E-state index in [0.717, 1.165) is 5.56 Å². The third-order valence-electron chi connectivity index (χ3n) is 5.31. The van der Waals surface area contributed by atoms with Crippen LogP contribution in [-0.2, 0) is 11.2 Å². The van der Waals surface area contributed by atoms with Crippen LogP contribution < -0.4 is 4.90 Å². The van der Waals surface area contributed by atoms with Gasteiger partial charge in [0, 0.05) is 40.2 Å². The van der Waals surface area contributed by atoms with Crippen molar-refractivity contribution < 1.29 is 14.3 Å². The molecule has 2 saturated heterocycles.